The van der Waals surface area contributed by atoms with Crippen LogP contribution < -0.4 is 5.32 Å². The molecule has 0 radical (unpaired) electrons. The maximum absolute atomic E-state index is 11.9. The van der Waals surface area contributed by atoms with E-state index in [4.69, 9.17) is 0 Å². The summed E-state index contributed by atoms with van der Waals surface area (Å²) in [5, 5.41) is 2.98. The molecule has 2 heteroatoms. The molecule has 0 fully saturated rings. The summed E-state index contributed by atoms with van der Waals surface area (Å²) >= 11 is 0. The van der Waals surface area contributed by atoms with Crippen LogP contribution in [-0.4, -0.2) is 11.4 Å². The molecular weight excluding hydrogens is 186 g/mol. The highest BCUT2D eigenvalue weighted by atomic mass is 16.2. The van der Waals surface area contributed by atoms with Gasteiger partial charge in [0.25, 0.3) is 0 Å². The average Bonchev–Trinajstić information content (AvgIpc) is 1.99. The van der Waals surface area contributed by atoms with Crippen molar-refractivity contribution >= 4 is 5.91 Å². The smallest absolute Gasteiger partial charge is 0.224 e. The summed E-state index contributed by atoms with van der Waals surface area (Å²) in [6, 6.07) is 0. The fourth-order valence-electron chi connectivity index (χ4n) is 1.38. The fraction of sp³-hybridized carbons (Fsp3) is 0.615. The molecule has 0 aromatic rings. The molecule has 0 bridgehead atoms. The molecule has 0 aromatic heterocycles. The number of rotatable bonds is 5. The van der Waals surface area contributed by atoms with Crippen molar-refractivity contribution in [2.45, 2.75) is 46.1 Å². The SMILES string of the molecule is C=CCC(CC(=C)C)C(=O)NC(C)(C)C. The van der Waals surface area contributed by atoms with E-state index in [1.807, 2.05) is 27.7 Å². The zero-order chi connectivity index (χ0) is 12.1. The van der Waals surface area contributed by atoms with Crippen LogP contribution in [0.15, 0.2) is 24.8 Å². The van der Waals surface area contributed by atoms with Crippen molar-refractivity contribution in [1.29, 1.82) is 0 Å². The third-order valence-corrected chi connectivity index (χ3v) is 1.92. The van der Waals surface area contributed by atoms with Crippen LogP contribution in [0.3, 0.4) is 0 Å². The Morgan fingerprint density at radius 1 is 1.47 bits per heavy atom. The van der Waals surface area contributed by atoms with E-state index in [0.717, 1.165) is 12.0 Å². The van der Waals surface area contributed by atoms with Gasteiger partial charge in [-0.3, -0.25) is 4.79 Å². The van der Waals surface area contributed by atoms with Crippen LogP contribution in [0, 0.1) is 5.92 Å². The van der Waals surface area contributed by atoms with E-state index in [9.17, 15) is 4.79 Å². The quantitative estimate of drug-likeness (QED) is 0.693. The van der Waals surface area contributed by atoms with Gasteiger partial charge in [0.1, 0.15) is 0 Å². The molecule has 0 aromatic carbocycles. The van der Waals surface area contributed by atoms with Crippen LogP contribution in [-0.2, 0) is 4.79 Å². The topological polar surface area (TPSA) is 29.1 Å². The number of allylic oxidation sites excluding steroid dienone is 2. The minimum absolute atomic E-state index is 0.0285. The molecule has 0 rings (SSSR count). The first-order valence-electron chi connectivity index (χ1n) is 5.33. The Labute approximate surface area is 93.5 Å². The Hall–Kier alpha value is -1.05. The van der Waals surface area contributed by atoms with Crippen molar-refractivity contribution < 1.29 is 4.79 Å². The molecule has 1 amide bonds. The number of hydrogen-bond acceptors (Lipinski definition) is 1. The van der Waals surface area contributed by atoms with Crippen molar-refractivity contribution in [1.82, 2.24) is 5.32 Å². The maximum Gasteiger partial charge on any atom is 0.224 e. The first-order valence-corrected chi connectivity index (χ1v) is 5.33. The second kappa shape index (κ2) is 5.74. The number of carbonyl (C=O) groups excluding carboxylic acids is 1. The minimum atomic E-state index is -0.175. The van der Waals surface area contributed by atoms with E-state index in [2.05, 4.69) is 18.5 Å². The molecular formula is C13H23NO. The zero-order valence-electron chi connectivity index (χ0n) is 10.4. The Kier molecular flexibility index (Phi) is 5.34. The summed E-state index contributed by atoms with van der Waals surface area (Å²) in [4.78, 5) is 11.9. The standard InChI is InChI=1S/C13H23NO/c1-7-8-11(9-10(2)3)12(15)14-13(4,5)6/h7,11H,1-2,8-9H2,3-6H3,(H,14,15). The summed E-state index contributed by atoms with van der Waals surface area (Å²) in [7, 11) is 0. The summed E-state index contributed by atoms with van der Waals surface area (Å²) in [5.74, 6) is 0.0598. The molecule has 1 atom stereocenters. The normalized spacial score (nSPS) is 13.1. The summed E-state index contributed by atoms with van der Waals surface area (Å²) in [6.45, 7) is 15.4. The summed E-state index contributed by atoms with van der Waals surface area (Å²) in [6.07, 6.45) is 3.22. The molecule has 0 heterocycles. The van der Waals surface area contributed by atoms with Crippen molar-refractivity contribution in [3.8, 4) is 0 Å². The van der Waals surface area contributed by atoms with Gasteiger partial charge in [-0.25, -0.2) is 0 Å². The molecule has 2 nitrogen and oxygen atoms in total. The highest BCUT2D eigenvalue weighted by molar-refractivity contribution is 5.79. The van der Waals surface area contributed by atoms with Gasteiger partial charge in [0.05, 0.1) is 0 Å². The van der Waals surface area contributed by atoms with Gasteiger partial charge in [-0.1, -0.05) is 11.6 Å². The van der Waals surface area contributed by atoms with Crippen LogP contribution in [0.1, 0.15) is 40.5 Å². The first-order chi connectivity index (χ1) is 6.76. The number of nitrogens with one attached hydrogen (secondary N) is 1. The summed E-state index contributed by atoms with van der Waals surface area (Å²) < 4.78 is 0. The predicted molar refractivity (Wildman–Crippen MR) is 65.6 cm³/mol. The first kappa shape index (κ1) is 13.9. The maximum atomic E-state index is 11.9. The molecule has 0 saturated carbocycles. The lowest BCUT2D eigenvalue weighted by atomic mass is 9.95. The molecule has 0 aliphatic heterocycles. The number of carbonyl (C=O) groups is 1. The van der Waals surface area contributed by atoms with Gasteiger partial charge in [0.2, 0.25) is 5.91 Å². The lowest BCUT2D eigenvalue weighted by Crippen LogP contribution is -2.43. The van der Waals surface area contributed by atoms with Gasteiger partial charge >= 0.3 is 0 Å². The van der Waals surface area contributed by atoms with E-state index in [0.29, 0.717) is 6.42 Å². The molecule has 0 aliphatic rings. The molecule has 0 aliphatic carbocycles. The van der Waals surface area contributed by atoms with Gasteiger partial charge < -0.3 is 5.32 Å². The lowest BCUT2D eigenvalue weighted by molar-refractivity contribution is -0.126. The van der Waals surface area contributed by atoms with Crippen LogP contribution in [0.25, 0.3) is 0 Å². The van der Waals surface area contributed by atoms with Crippen LogP contribution in [0.5, 0.6) is 0 Å². The zero-order valence-corrected chi connectivity index (χ0v) is 10.4. The van der Waals surface area contributed by atoms with E-state index in [-0.39, 0.29) is 17.4 Å². The Balaban J connectivity index is 4.41. The third-order valence-electron chi connectivity index (χ3n) is 1.92. The Morgan fingerprint density at radius 3 is 2.33 bits per heavy atom. The van der Waals surface area contributed by atoms with Crippen LogP contribution in [0.4, 0.5) is 0 Å². The second-order valence-corrected chi connectivity index (χ2v) is 5.12. The average molecular weight is 209 g/mol. The molecule has 15 heavy (non-hydrogen) atoms. The fourth-order valence-corrected chi connectivity index (χ4v) is 1.38. The van der Waals surface area contributed by atoms with Crippen LogP contribution in [0.2, 0.25) is 0 Å². The van der Waals surface area contributed by atoms with E-state index < -0.39 is 0 Å². The van der Waals surface area contributed by atoms with Gasteiger partial charge in [-0.15, -0.1) is 13.2 Å². The van der Waals surface area contributed by atoms with Gasteiger partial charge in [0.15, 0.2) is 0 Å². The Bertz CT molecular complexity index is 248. The van der Waals surface area contributed by atoms with Gasteiger partial charge in [-0.05, 0) is 40.5 Å². The molecule has 0 saturated heterocycles. The predicted octanol–water partition coefficient (Wildman–Crippen LogP) is 3.06. The molecule has 86 valence electrons. The third kappa shape index (κ3) is 6.95. The Morgan fingerprint density at radius 2 is 2.00 bits per heavy atom. The highest BCUT2D eigenvalue weighted by Gasteiger charge is 2.21. The highest BCUT2D eigenvalue weighted by Crippen LogP contribution is 2.16. The van der Waals surface area contributed by atoms with Crippen molar-refractivity contribution in [3.63, 3.8) is 0 Å². The number of hydrogen-bond donors (Lipinski definition) is 1. The largest absolute Gasteiger partial charge is 0.351 e. The molecule has 0 spiro atoms. The second-order valence-electron chi connectivity index (χ2n) is 5.12. The van der Waals surface area contributed by atoms with E-state index in [1.54, 1.807) is 6.08 Å². The van der Waals surface area contributed by atoms with Crippen molar-refractivity contribution in [2.24, 2.45) is 5.92 Å². The minimum Gasteiger partial charge on any atom is -0.351 e. The van der Waals surface area contributed by atoms with Crippen LogP contribution >= 0.6 is 0 Å². The summed E-state index contributed by atoms with van der Waals surface area (Å²) in [5.41, 5.74) is 0.858. The van der Waals surface area contributed by atoms with Crippen molar-refractivity contribution in [2.75, 3.05) is 0 Å². The lowest BCUT2D eigenvalue weighted by Gasteiger charge is -2.24. The van der Waals surface area contributed by atoms with Gasteiger partial charge in [0, 0.05) is 11.5 Å². The monoisotopic (exact) mass is 209 g/mol. The molecule has 1 unspecified atom stereocenters. The molecule has 1 N–H and O–H groups in total. The van der Waals surface area contributed by atoms with E-state index in [1.165, 1.54) is 0 Å². The number of amides is 1. The van der Waals surface area contributed by atoms with Gasteiger partial charge in [-0.2, -0.15) is 0 Å². The van der Waals surface area contributed by atoms with Crippen molar-refractivity contribution in [3.05, 3.63) is 24.8 Å². The van der Waals surface area contributed by atoms with E-state index >= 15 is 0 Å².